The second-order valence-corrected chi connectivity index (χ2v) is 6.55. The molecular weight excluding hydrogens is 284 g/mol. The molecule has 0 N–H and O–H groups in total. The Kier molecular flexibility index (Phi) is 2.98. The highest BCUT2D eigenvalue weighted by Crippen LogP contribution is 2.44. The zero-order chi connectivity index (χ0) is 13.4. The zero-order valence-corrected chi connectivity index (χ0v) is 12.1. The first-order valence-corrected chi connectivity index (χ1v) is 7.90. The summed E-state index contributed by atoms with van der Waals surface area (Å²) in [5, 5.41) is 0. The Labute approximate surface area is 125 Å². The monoisotopic (exact) mass is 294 g/mol. The van der Waals surface area contributed by atoms with Gasteiger partial charge < -0.3 is 0 Å². The van der Waals surface area contributed by atoms with Crippen LogP contribution in [0.3, 0.4) is 0 Å². The van der Waals surface area contributed by atoms with Crippen LogP contribution in [0.5, 0.6) is 0 Å². The number of allylic oxidation sites excluding steroid dienone is 2. The van der Waals surface area contributed by atoms with E-state index in [-0.39, 0.29) is 0 Å². The van der Waals surface area contributed by atoms with Gasteiger partial charge in [0.15, 0.2) is 0 Å². The summed E-state index contributed by atoms with van der Waals surface area (Å²) in [5.74, 6) is 0. The Hall–Kier alpha value is -1.78. The van der Waals surface area contributed by atoms with Gasteiger partial charge in [0.25, 0.3) is 0 Å². The predicted octanol–water partition coefficient (Wildman–Crippen LogP) is 5.21. The summed E-state index contributed by atoms with van der Waals surface area (Å²) in [6, 6.07) is 16.4. The molecule has 0 bridgehead atoms. The highest BCUT2D eigenvalue weighted by atomic mass is 32.2. The predicted molar refractivity (Wildman–Crippen MR) is 87.9 cm³/mol. The average Bonchev–Trinajstić information content (AvgIpc) is 2.54. The number of hydrogen-bond donors (Lipinski definition) is 0. The van der Waals surface area contributed by atoms with Crippen LogP contribution < -0.4 is 0 Å². The number of thioether (sulfide) groups is 2. The normalized spacial score (nSPS) is 19.6. The molecule has 20 heavy (non-hydrogen) atoms. The first-order valence-electron chi connectivity index (χ1n) is 6.26. The van der Waals surface area contributed by atoms with E-state index < -0.39 is 0 Å². The zero-order valence-electron chi connectivity index (χ0n) is 10.5. The van der Waals surface area contributed by atoms with Crippen molar-refractivity contribution in [1.29, 1.82) is 0 Å². The van der Waals surface area contributed by atoms with Crippen LogP contribution in [0, 0.1) is 0 Å². The first-order chi connectivity index (χ1) is 9.90. The SMILES string of the molecule is C1=Nc2ccccc2S/C1=C1/C=Nc2ccccc2S1. The van der Waals surface area contributed by atoms with Gasteiger partial charge in [-0.2, -0.15) is 0 Å². The van der Waals surface area contributed by atoms with Gasteiger partial charge >= 0.3 is 0 Å². The summed E-state index contributed by atoms with van der Waals surface area (Å²) < 4.78 is 0. The Morgan fingerprint density at radius 3 is 1.55 bits per heavy atom. The van der Waals surface area contributed by atoms with Crippen molar-refractivity contribution in [3.63, 3.8) is 0 Å². The third-order valence-corrected chi connectivity index (χ3v) is 5.40. The van der Waals surface area contributed by atoms with E-state index in [2.05, 4.69) is 22.1 Å². The summed E-state index contributed by atoms with van der Waals surface area (Å²) in [5.41, 5.74) is 2.08. The lowest BCUT2D eigenvalue weighted by molar-refractivity contribution is 1.36. The highest BCUT2D eigenvalue weighted by Gasteiger charge is 2.17. The van der Waals surface area contributed by atoms with Gasteiger partial charge in [0.1, 0.15) is 0 Å². The van der Waals surface area contributed by atoms with E-state index in [0.717, 1.165) is 21.2 Å². The van der Waals surface area contributed by atoms with Crippen molar-refractivity contribution in [3.8, 4) is 0 Å². The van der Waals surface area contributed by atoms with Crippen LogP contribution in [0.2, 0.25) is 0 Å². The van der Waals surface area contributed by atoms with Crippen molar-refractivity contribution in [3.05, 3.63) is 58.3 Å². The van der Waals surface area contributed by atoms with Gasteiger partial charge in [0.2, 0.25) is 0 Å². The standard InChI is InChI=1S/C16H10N2S2/c1-3-7-13-11(5-1)17-9-15(19-13)16-10-18-12-6-2-4-8-14(12)20-16/h1-10H/b16-15-. The molecule has 4 rings (SSSR count). The molecule has 0 atom stereocenters. The lowest BCUT2D eigenvalue weighted by Gasteiger charge is -2.16. The molecule has 0 unspecified atom stereocenters. The largest absolute Gasteiger partial charge is 0.254 e. The average molecular weight is 294 g/mol. The van der Waals surface area contributed by atoms with Crippen LogP contribution in [-0.4, -0.2) is 12.4 Å². The minimum absolute atomic E-state index is 1.04. The summed E-state index contributed by atoms with van der Waals surface area (Å²) in [6.07, 6.45) is 3.88. The summed E-state index contributed by atoms with van der Waals surface area (Å²) in [4.78, 5) is 13.8. The van der Waals surface area contributed by atoms with Crippen LogP contribution in [0.1, 0.15) is 0 Å². The Bertz CT molecular complexity index is 710. The van der Waals surface area contributed by atoms with Crippen molar-refractivity contribution >= 4 is 47.3 Å². The summed E-state index contributed by atoms with van der Waals surface area (Å²) >= 11 is 3.51. The van der Waals surface area contributed by atoms with Crippen molar-refractivity contribution < 1.29 is 0 Å². The van der Waals surface area contributed by atoms with Gasteiger partial charge in [-0.15, -0.1) is 0 Å². The fraction of sp³-hybridized carbons (Fsp3) is 0. The second-order valence-electron chi connectivity index (χ2n) is 4.38. The Morgan fingerprint density at radius 1 is 0.600 bits per heavy atom. The molecule has 0 aromatic heterocycles. The smallest absolute Gasteiger partial charge is 0.0769 e. The van der Waals surface area contributed by atoms with Crippen molar-refractivity contribution in [2.75, 3.05) is 0 Å². The maximum Gasteiger partial charge on any atom is 0.0769 e. The molecule has 4 heteroatoms. The lowest BCUT2D eigenvalue weighted by atomic mass is 10.3. The third-order valence-electron chi connectivity index (χ3n) is 3.05. The quantitative estimate of drug-likeness (QED) is 0.666. The maximum absolute atomic E-state index is 4.53. The molecule has 2 nitrogen and oxygen atoms in total. The van der Waals surface area contributed by atoms with E-state index in [1.165, 1.54) is 9.79 Å². The maximum atomic E-state index is 4.53. The van der Waals surface area contributed by atoms with Crippen molar-refractivity contribution in [1.82, 2.24) is 0 Å². The van der Waals surface area contributed by atoms with Crippen molar-refractivity contribution in [2.45, 2.75) is 9.79 Å². The molecule has 2 heterocycles. The molecule has 0 spiro atoms. The topological polar surface area (TPSA) is 24.7 Å². The number of aliphatic imine (C=N–C) groups is 2. The molecule has 2 aliphatic heterocycles. The number of hydrogen-bond acceptors (Lipinski definition) is 4. The van der Waals surface area contributed by atoms with Gasteiger partial charge in [0.05, 0.1) is 11.4 Å². The lowest BCUT2D eigenvalue weighted by Crippen LogP contribution is -1.96. The fourth-order valence-electron chi connectivity index (χ4n) is 2.07. The van der Waals surface area contributed by atoms with E-state index in [4.69, 9.17) is 0 Å². The summed E-state index contributed by atoms with van der Waals surface area (Å²) in [7, 11) is 0. The van der Waals surface area contributed by atoms with Gasteiger partial charge in [-0.05, 0) is 24.3 Å². The molecule has 0 aliphatic carbocycles. The highest BCUT2D eigenvalue weighted by molar-refractivity contribution is 8.08. The van der Waals surface area contributed by atoms with E-state index >= 15 is 0 Å². The number of rotatable bonds is 0. The summed E-state index contributed by atoms with van der Waals surface area (Å²) in [6.45, 7) is 0. The third kappa shape index (κ3) is 2.11. The van der Waals surface area contributed by atoms with Crippen LogP contribution in [-0.2, 0) is 0 Å². The van der Waals surface area contributed by atoms with Gasteiger partial charge in [-0.3, -0.25) is 9.98 Å². The Balaban J connectivity index is 1.73. The number of fused-ring (bicyclic) bond motifs is 2. The number of benzene rings is 2. The van der Waals surface area contributed by atoms with E-state index in [1.54, 1.807) is 23.5 Å². The van der Waals surface area contributed by atoms with Crippen molar-refractivity contribution in [2.24, 2.45) is 9.98 Å². The molecular formula is C16H10N2S2. The molecule has 0 fully saturated rings. The molecule has 2 aromatic carbocycles. The van der Waals surface area contributed by atoms with Gasteiger partial charge in [-0.25, -0.2) is 0 Å². The van der Waals surface area contributed by atoms with Crippen LogP contribution in [0.4, 0.5) is 11.4 Å². The fourth-order valence-corrected chi connectivity index (χ4v) is 4.06. The van der Waals surface area contributed by atoms with Crippen LogP contribution in [0.15, 0.2) is 78.1 Å². The van der Waals surface area contributed by atoms with E-state index in [9.17, 15) is 0 Å². The molecule has 0 saturated heterocycles. The molecule has 0 amide bonds. The van der Waals surface area contributed by atoms with Gasteiger partial charge in [0, 0.05) is 32.0 Å². The minimum atomic E-state index is 1.04. The molecule has 2 aromatic rings. The Morgan fingerprint density at radius 2 is 1.05 bits per heavy atom. The first kappa shape index (κ1) is 12.0. The molecule has 0 radical (unpaired) electrons. The number of nitrogens with zero attached hydrogens (tertiary/aromatic N) is 2. The van der Waals surface area contributed by atoms with Crippen LogP contribution in [0.25, 0.3) is 0 Å². The van der Waals surface area contributed by atoms with Gasteiger partial charge in [-0.1, -0.05) is 47.8 Å². The second kappa shape index (κ2) is 4.96. The number of para-hydroxylation sites is 2. The molecule has 2 aliphatic rings. The van der Waals surface area contributed by atoms with E-state index in [1.807, 2.05) is 48.8 Å². The molecule has 96 valence electrons. The van der Waals surface area contributed by atoms with Crippen LogP contribution >= 0.6 is 23.5 Å². The van der Waals surface area contributed by atoms with E-state index in [0.29, 0.717) is 0 Å². The minimum Gasteiger partial charge on any atom is -0.254 e. The molecule has 0 saturated carbocycles.